The summed E-state index contributed by atoms with van der Waals surface area (Å²) in [4.78, 5) is 4.44. The molecule has 1 aliphatic heterocycles. The van der Waals surface area contributed by atoms with Crippen molar-refractivity contribution in [3.8, 4) is 0 Å². The van der Waals surface area contributed by atoms with Crippen LogP contribution in [0.1, 0.15) is 30.9 Å². The van der Waals surface area contributed by atoms with Gasteiger partial charge in [0.1, 0.15) is 0 Å². The Morgan fingerprint density at radius 3 is 3.00 bits per heavy atom. The topological polar surface area (TPSA) is 34.2 Å². The fourth-order valence-electron chi connectivity index (χ4n) is 2.97. The molecule has 0 aliphatic carbocycles. The second kappa shape index (κ2) is 5.68. The maximum Gasteiger partial charge on any atom is 0.0769 e. The van der Waals surface area contributed by atoms with Crippen LogP contribution in [0.3, 0.4) is 0 Å². The van der Waals surface area contributed by atoms with Crippen LogP contribution in [0.25, 0.3) is 10.9 Å². The molecule has 0 saturated carbocycles. The molecule has 2 unspecified atom stereocenters. The summed E-state index contributed by atoms with van der Waals surface area (Å²) < 4.78 is 5.95. The molecular formula is C16H20N2O. The minimum absolute atomic E-state index is 0.244. The van der Waals surface area contributed by atoms with Crippen molar-refractivity contribution < 1.29 is 4.74 Å². The van der Waals surface area contributed by atoms with Gasteiger partial charge in [0.25, 0.3) is 0 Å². The molecule has 1 aromatic carbocycles. The summed E-state index contributed by atoms with van der Waals surface area (Å²) >= 11 is 0. The van der Waals surface area contributed by atoms with Crippen LogP contribution in [0.2, 0.25) is 0 Å². The zero-order valence-corrected chi connectivity index (χ0v) is 11.3. The third kappa shape index (κ3) is 2.48. The van der Waals surface area contributed by atoms with Gasteiger partial charge in [-0.25, -0.2) is 0 Å². The van der Waals surface area contributed by atoms with Crippen molar-refractivity contribution in [3.63, 3.8) is 0 Å². The molecule has 19 heavy (non-hydrogen) atoms. The summed E-state index contributed by atoms with van der Waals surface area (Å²) in [5.41, 5.74) is 2.34. The van der Waals surface area contributed by atoms with Crippen molar-refractivity contribution in [2.24, 2.45) is 0 Å². The minimum atomic E-state index is 0.244. The number of rotatable bonds is 3. The van der Waals surface area contributed by atoms with Gasteiger partial charge in [-0.05, 0) is 44.0 Å². The number of nitrogens with one attached hydrogen (secondary N) is 1. The second-order valence-electron chi connectivity index (χ2n) is 5.09. The van der Waals surface area contributed by atoms with E-state index in [0.29, 0.717) is 0 Å². The SMILES string of the molecule is CNC(c1cccc2ncccc12)C1CCCCO1. The molecular weight excluding hydrogens is 236 g/mol. The average molecular weight is 256 g/mol. The molecule has 1 fully saturated rings. The predicted octanol–water partition coefficient (Wildman–Crippen LogP) is 3.06. The monoisotopic (exact) mass is 256 g/mol. The lowest BCUT2D eigenvalue weighted by Gasteiger charge is -2.31. The molecule has 2 heterocycles. The van der Waals surface area contributed by atoms with E-state index >= 15 is 0 Å². The van der Waals surface area contributed by atoms with E-state index in [1.54, 1.807) is 0 Å². The van der Waals surface area contributed by atoms with E-state index in [2.05, 4.69) is 34.6 Å². The van der Waals surface area contributed by atoms with Crippen molar-refractivity contribution in [1.29, 1.82) is 0 Å². The number of pyridine rings is 1. The van der Waals surface area contributed by atoms with Gasteiger partial charge in [-0.1, -0.05) is 18.2 Å². The molecule has 3 heteroatoms. The van der Waals surface area contributed by atoms with Crippen LogP contribution in [-0.4, -0.2) is 24.7 Å². The Labute approximate surface area is 114 Å². The third-order valence-electron chi connectivity index (χ3n) is 3.91. The molecule has 2 aromatic rings. The Morgan fingerprint density at radius 2 is 2.21 bits per heavy atom. The first-order valence-electron chi connectivity index (χ1n) is 7.02. The highest BCUT2D eigenvalue weighted by molar-refractivity contribution is 5.82. The van der Waals surface area contributed by atoms with Gasteiger partial charge >= 0.3 is 0 Å². The number of aromatic nitrogens is 1. The fraction of sp³-hybridized carbons (Fsp3) is 0.438. The zero-order valence-electron chi connectivity index (χ0n) is 11.3. The molecule has 1 aromatic heterocycles. The average Bonchev–Trinajstić information content (AvgIpc) is 2.49. The molecule has 1 saturated heterocycles. The summed E-state index contributed by atoms with van der Waals surface area (Å²) in [6.45, 7) is 0.881. The van der Waals surface area contributed by atoms with E-state index in [1.807, 2.05) is 19.3 Å². The molecule has 0 spiro atoms. The Balaban J connectivity index is 2.00. The Bertz CT molecular complexity index is 544. The molecule has 100 valence electrons. The first-order chi connectivity index (χ1) is 9.40. The minimum Gasteiger partial charge on any atom is -0.376 e. The Hall–Kier alpha value is -1.45. The summed E-state index contributed by atoms with van der Waals surface area (Å²) in [5.74, 6) is 0. The molecule has 0 bridgehead atoms. The van der Waals surface area contributed by atoms with E-state index in [1.165, 1.54) is 23.8 Å². The summed E-state index contributed by atoms with van der Waals surface area (Å²) in [7, 11) is 2.01. The zero-order chi connectivity index (χ0) is 13.1. The number of ether oxygens (including phenoxy) is 1. The lowest BCUT2D eigenvalue weighted by molar-refractivity contribution is -0.00632. The Kier molecular flexibility index (Phi) is 3.76. The molecule has 3 rings (SSSR count). The van der Waals surface area contributed by atoms with Crippen LogP contribution in [0.5, 0.6) is 0 Å². The molecule has 0 radical (unpaired) electrons. The van der Waals surface area contributed by atoms with Crippen molar-refractivity contribution >= 4 is 10.9 Å². The molecule has 0 amide bonds. The van der Waals surface area contributed by atoms with Gasteiger partial charge in [0.05, 0.1) is 17.7 Å². The highest BCUT2D eigenvalue weighted by atomic mass is 16.5. The first kappa shape index (κ1) is 12.6. The normalized spacial score (nSPS) is 21.4. The van der Waals surface area contributed by atoms with Crippen molar-refractivity contribution in [2.75, 3.05) is 13.7 Å². The maximum atomic E-state index is 5.95. The fourth-order valence-corrected chi connectivity index (χ4v) is 2.97. The molecule has 3 nitrogen and oxygen atoms in total. The lowest BCUT2D eigenvalue weighted by atomic mass is 9.93. The number of fused-ring (bicyclic) bond motifs is 1. The van der Waals surface area contributed by atoms with Crippen LogP contribution < -0.4 is 5.32 Å². The van der Waals surface area contributed by atoms with E-state index in [9.17, 15) is 0 Å². The molecule has 1 aliphatic rings. The Morgan fingerprint density at radius 1 is 1.26 bits per heavy atom. The van der Waals surface area contributed by atoms with Crippen LogP contribution >= 0.6 is 0 Å². The first-order valence-corrected chi connectivity index (χ1v) is 7.02. The summed E-state index contributed by atoms with van der Waals surface area (Å²) in [6.07, 6.45) is 5.68. The van der Waals surface area contributed by atoms with Gasteiger partial charge < -0.3 is 10.1 Å². The predicted molar refractivity (Wildman–Crippen MR) is 77.1 cm³/mol. The van der Waals surface area contributed by atoms with E-state index in [4.69, 9.17) is 4.74 Å². The van der Waals surface area contributed by atoms with Crippen molar-refractivity contribution in [2.45, 2.75) is 31.4 Å². The van der Waals surface area contributed by atoms with Gasteiger partial charge in [0.2, 0.25) is 0 Å². The standard InChI is InChI=1S/C16H20N2O/c1-17-16(15-9-2-3-11-19-15)13-6-4-8-14-12(13)7-5-10-18-14/h4-8,10,15-17H,2-3,9,11H2,1H3. The second-order valence-corrected chi connectivity index (χ2v) is 5.09. The maximum absolute atomic E-state index is 5.95. The van der Waals surface area contributed by atoms with Crippen molar-refractivity contribution in [3.05, 3.63) is 42.1 Å². The van der Waals surface area contributed by atoms with Gasteiger partial charge in [-0.15, -0.1) is 0 Å². The molecule has 1 N–H and O–H groups in total. The number of nitrogens with zero attached hydrogens (tertiary/aromatic N) is 1. The number of hydrogen-bond donors (Lipinski definition) is 1. The van der Waals surface area contributed by atoms with Crippen LogP contribution in [0, 0.1) is 0 Å². The van der Waals surface area contributed by atoms with Gasteiger partial charge in [0, 0.05) is 18.2 Å². The lowest BCUT2D eigenvalue weighted by Crippen LogP contribution is -2.34. The highest BCUT2D eigenvalue weighted by Gasteiger charge is 2.25. The quantitative estimate of drug-likeness (QED) is 0.916. The smallest absolute Gasteiger partial charge is 0.0769 e. The number of likely N-dealkylation sites (N-methyl/N-ethyl adjacent to an activating group) is 1. The molecule has 2 atom stereocenters. The summed E-state index contributed by atoms with van der Waals surface area (Å²) in [5, 5.41) is 4.65. The van der Waals surface area contributed by atoms with E-state index in [-0.39, 0.29) is 12.1 Å². The van der Waals surface area contributed by atoms with Gasteiger partial charge in [0.15, 0.2) is 0 Å². The number of hydrogen-bond acceptors (Lipinski definition) is 3. The van der Waals surface area contributed by atoms with Gasteiger partial charge in [-0.2, -0.15) is 0 Å². The van der Waals surface area contributed by atoms with Gasteiger partial charge in [-0.3, -0.25) is 4.98 Å². The van der Waals surface area contributed by atoms with Crippen molar-refractivity contribution in [1.82, 2.24) is 10.3 Å². The van der Waals surface area contributed by atoms with Crippen LogP contribution in [0.15, 0.2) is 36.5 Å². The van der Waals surface area contributed by atoms with E-state index in [0.717, 1.165) is 18.5 Å². The highest BCUT2D eigenvalue weighted by Crippen LogP contribution is 2.30. The third-order valence-corrected chi connectivity index (χ3v) is 3.91. The summed E-state index contributed by atoms with van der Waals surface area (Å²) in [6, 6.07) is 10.7. The van der Waals surface area contributed by atoms with Crippen LogP contribution in [-0.2, 0) is 4.74 Å². The number of benzene rings is 1. The van der Waals surface area contributed by atoms with E-state index < -0.39 is 0 Å². The van der Waals surface area contributed by atoms with Crippen LogP contribution in [0.4, 0.5) is 0 Å². The largest absolute Gasteiger partial charge is 0.376 e.